The van der Waals surface area contributed by atoms with Crippen molar-refractivity contribution in [3.8, 4) is 5.75 Å². The Morgan fingerprint density at radius 3 is 1.55 bits per heavy atom. The van der Waals surface area contributed by atoms with Gasteiger partial charge < -0.3 is 0 Å². The van der Waals surface area contributed by atoms with Gasteiger partial charge in [0.15, 0.2) is 0 Å². The third-order valence-corrected chi connectivity index (χ3v) is 8.12. The number of aryl methyl sites for hydroxylation is 1. The predicted molar refractivity (Wildman–Crippen MR) is 148 cm³/mol. The summed E-state index contributed by atoms with van der Waals surface area (Å²) in [7, 11) is -3.68. The van der Waals surface area contributed by atoms with Crippen LogP contribution in [0.1, 0.15) is 142 Å². The van der Waals surface area contributed by atoms with Gasteiger partial charge in [0.2, 0.25) is 0 Å². The third-order valence-electron chi connectivity index (χ3n) is 6.57. The van der Waals surface area contributed by atoms with E-state index >= 15 is 0 Å². The summed E-state index contributed by atoms with van der Waals surface area (Å²) < 4.78 is 5.79. The van der Waals surface area contributed by atoms with Crippen molar-refractivity contribution < 1.29 is 14.3 Å². The monoisotopic (exact) mass is 482 g/mol. The molecule has 0 atom stereocenters. The number of hydrogen-bond acceptors (Lipinski definition) is 3. The van der Waals surface area contributed by atoms with Crippen molar-refractivity contribution in [2.75, 3.05) is 6.16 Å². The van der Waals surface area contributed by atoms with E-state index < -0.39 is 7.94 Å². The molecular weight excluding hydrogens is 427 g/mol. The third kappa shape index (κ3) is 15.1. The average Bonchev–Trinajstić information content (AvgIpc) is 2.74. The molecule has 0 aliphatic carbocycles. The first-order valence-electron chi connectivity index (χ1n) is 13.9. The summed E-state index contributed by atoms with van der Waals surface area (Å²) >= 11 is 0. The van der Waals surface area contributed by atoms with E-state index in [0.717, 1.165) is 24.0 Å². The summed E-state index contributed by atoms with van der Waals surface area (Å²) in [5, 5.41) is 0. The maximum absolute atomic E-state index is 10.5. The van der Waals surface area contributed by atoms with Crippen LogP contribution in [0, 0.1) is 6.92 Å². The SMILES string of the molecule is CCCCCCCCCCCCCCCCCC[PH](O)(O)Oc1ccc(C)cc1C(C)(C)C. The van der Waals surface area contributed by atoms with Crippen molar-refractivity contribution in [1.29, 1.82) is 0 Å². The molecule has 1 aromatic carbocycles. The van der Waals surface area contributed by atoms with Crippen LogP contribution in [0.5, 0.6) is 5.75 Å². The van der Waals surface area contributed by atoms with Gasteiger partial charge in [0.1, 0.15) is 0 Å². The van der Waals surface area contributed by atoms with E-state index in [2.05, 4.69) is 40.7 Å². The summed E-state index contributed by atoms with van der Waals surface area (Å²) in [6.45, 7) is 10.7. The molecule has 0 heterocycles. The fourth-order valence-corrected chi connectivity index (χ4v) is 5.79. The Morgan fingerprint density at radius 2 is 1.12 bits per heavy atom. The van der Waals surface area contributed by atoms with Crippen LogP contribution in [0.3, 0.4) is 0 Å². The molecule has 1 aromatic rings. The Morgan fingerprint density at radius 1 is 0.697 bits per heavy atom. The molecule has 0 spiro atoms. The minimum absolute atomic E-state index is 0.0971. The molecule has 0 bridgehead atoms. The fourth-order valence-electron chi connectivity index (χ4n) is 4.45. The van der Waals surface area contributed by atoms with Gasteiger partial charge in [-0.3, -0.25) is 0 Å². The van der Waals surface area contributed by atoms with Gasteiger partial charge in [-0.05, 0) is 0 Å². The zero-order valence-corrected chi connectivity index (χ0v) is 23.6. The Labute approximate surface area is 206 Å². The van der Waals surface area contributed by atoms with Gasteiger partial charge in [-0.1, -0.05) is 39.0 Å². The van der Waals surface area contributed by atoms with Crippen LogP contribution in [0.4, 0.5) is 0 Å². The molecule has 4 heteroatoms. The second-order valence-electron chi connectivity index (χ2n) is 11.1. The van der Waals surface area contributed by atoms with E-state index in [-0.39, 0.29) is 5.41 Å². The summed E-state index contributed by atoms with van der Waals surface area (Å²) in [6, 6.07) is 5.95. The molecule has 0 saturated heterocycles. The summed E-state index contributed by atoms with van der Waals surface area (Å²) in [6.07, 6.45) is 21.4. The molecule has 3 nitrogen and oxygen atoms in total. The van der Waals surface area contributed by atoms with Crippen LogP contribution in [0.25, 0.3) is 0 Å². The zero-order valence-electron chi connectivity index (χ0n) is 22.6. The van der Waals surface area contributed by atoms with Crippen molar-refractivity contribution in [3.05, 3.63) is 29.3 Å². The zero-order chi connectivity index (χ0) is 24.6. The first-order chi connectivity index (χ1) is 15.7. The summed E-state index contributed by atoms with van der Waals surface area (Å²) in [5.74, 6) is 0.626. The van der Waals surface area contributed by atoms with E-state index in [0.29, 0.717) is 11.9 Å². The average molecular weight is 483 g/mol. The van der Waals surface area contributed by atoms with E-state index in [1.54, 1.807) is 0 Å². The van der Waals surface area contributed by atoms with Crippen molar-refractivity contribution >= 4 is 7.94 Å². The number of benzene rings is 1. The summed E-state index contributed by atoms with van der Waals surface area (Å²) in [5.41, 5.74) is 2.10. The molecular formula is C29H55O3P. The van der Waals surface area contributed by atoms with E-state index in [1.807, 2.05) is 12.1 Å². The van der Waals surface area contributed by atoms with Crippen molar-refractivity contribution in [2.45, 2.75) is 143 Å². The molecule has 0 radical (unpaired) electrons. The van der Waals surface area contributed by atoms with Crippen LogP contribution in [-0.4, -0.2) is 15.9 Å². The van der Waals surface area contributed by atoms with Crippen LogP contribution in [0.2, 0.25) is 0 Å². The Kier molecular flexibility index (Phi) is 15.6. The van der Waals surface area contributed by atoms with Gasteiger partial charge in [0, 0.05) is 0 Å². The van der Waals surface area contributed by atoms with Crippen LogP contribution in [0.15, 0.2) is 18.2 Å². The number of hydrogen-bond donors (Lipinski definition) is 2. The van der Waals surface area contributed by atoms with Crippen LogP contribution in [-0.2, 0) is 5.41 Å². The molecule has 0 aliphatic rings. The normalized spacial score (nSPS) is 12.8. The second kappa shape index (κ2) is 16.9. The molecule has 2 N–H and O–H groups in total. The Bertz CT molecular complexity index is 622. The van der Waals surface area contributed by atoms with Gasteiger partial charge in [0.05, 0.1) is 0 Å². The molecule has 33 heavy (non-hydrogen) atoms. The van der Waals surface area contributed by atoms with E-state index in [1.165, 1.54) is 89.9 Å². The summed E-state index contributed by atoms with van der Waals surface area (Å²) in [4.78, 5) is 21.0. The number of unbranched alkanes of at least 4 members (excludes halogenated alkanes) is 15. The molecule has 0 aliphatic heterocycles. The van der Waals surface area contributed by atoms with Crippen LogP contribution >= 0.6 is 7.94 Å². The molecule has 0 fully saturated rings. The maximum atomic E-state index is 10.5. The molecule has 0 unspecified atom stereocenters. The molecule has 0 amide bonds. The van der Waals surface area contributed by atoms with Crippen molar-refractivity contribution in [3.63, 3.8) is 0 Å². The van der Waals surface area contributed by atoms with Crippen molar-refractivity contribution in [2.24, 2.45) is 0 Å². The fraction of sp³-hybridized carbons (Fsp3) is 0.793. The molecule has 0 aromatic heterocycles. The molecule has 1 rings (SSSR count). The van der Waals surface area contributed by atoms with Gasteiger partial charge in [-0.15, -0.1) is 0 Å². The van der Waals surface area contributed by atoms with Gasteiger partial charge in [-0.25, -0.2) is 0 Å². The van der Waals surface area contributed by atoms with Crippen molar-refractivity contribution in [1.82, 2.24) is 0 Å². The quantitative estimate of drug-likeness (QED) is 0.152. The molecule has 0 saturated carbocycles. The first-order valence-corrected chi connectivity index (χ1v) is 15.9. The standard InChI is InChI=1S/C29H55O3P/c1-6-7-8-9-10-11-12-13-14-15-16-17-18-19-20-21-24-33(30,31)32-28-23-22-26(2)25-27(28)29(3,4)5/h22-23,25,30-31,33H,6-21,24H2,1-5H3. The van der Waals surface area contributed by atoms with Gasteiger partial charge >= 0.3 is 167 Å². The first kappa shape index (κ1) is 30.4. The predicted octanol–water partition coefficient (Wildman–Crippen LogP) is 9.41. The Hall–Kier alpha value is -0.630. The second-order valence-corrected chi connectivity index (χ2v) is 13.3. The van der Waals surface area contributed by atoms with Gasteiger partial charge in [0.25, 0.3) is 0 Å². The van der Waals surface area contributed by atoms with E-state index in [9.17, 15) is 9.79 Å². The van der Waals surface area contributed by atoms with Gasteiger partial charge in [-0.2, -0.15) is 0 Å². The Balaban J connectivity index is 2.07. The topological polar surface area (TPSA) is 49.7 Å². The molecule has 194 valence electrons. The van der Waals surface area contributed by atoms with E-state index in [4.69, 9.17) is 4.52 Å². The minimum atomic E-state index is -3.68. The number of rotatable bonds is 19. The van der Waals surface area contributed by atoms with Crippen LogP contribution < -0.4 is 4.52 Å².